The van der Waals surface area contributed by atoms with Gasteiger partial charge in [-0.1, -0.05) is 29.4 Å². The number of hydrogen-bond acceptors (Lipinski definition) is 7. The lowest BCUT2D eigenvalue weighted by Gasteiger charge is -2.08. The molecule has 3 heterocycles. The summed E-state index contributed by atoms with van der Waals surface area (Å²) in [5.74, 6) is -0.569. The molecule has 0 fully saturated rings. The normalized spacial score (nSPS) is 11.0. The smallest absolute Gasteiger partial charge is 0.309 e. The van der Waals surface area contributed by atoms with Gasteiger partial charge in [0.1, 0.15) is 12.2 Å². The molecule has 0 saturated carbocycles. The number of carboxylic acids is 1. The quantitative estimate of drug-likeness (QED) is 0.566. The summed E-state index contributed by atoms with van der Waals surface area (Å²) in [4.78, 5) is 32.2. The predicted octanol–water partition coefficient (Wildman–Crippen LogP) is 1.52. The molecule has 0 aliphatic heterocycles. The monoisotopic (exact) mass is 363 g/mol. The molecule has 9 heteroatoms. The van der Waals surface area contributed by atoms with E-state index in [-0.39, 0.29) is 24.4 Å². The molecule has 1 N–H and O–H groups in total. The Morgan fingerprint density at radius 2 is 1.89 bits per heavy atom. The van der Waals surface area contributed by atoms with Crippen molar-refractivity contribution in [2.24, 2.45) is 0 Å². The van der Waals surface area contributed by atoms with Crippen molar-refractivity contribution < 1.29 is 14.4 Å². The van der Waals surface area contributed by atoms with E-state index < -0.39 is 5.97 Å². The molecular weight excluding hydrogens is 350 g/mol. The Balaban J connectivity index is 1.74. The van der Waals surface area contributed by atoms with Crippen LogP contribution in [0.1, 0.15) is 11.6 Å². The molecule has 0 bridgehead atoms. The lowest BCUT2D eigenvalue weighted by molar-refractivity contribution is -0.136. The van der Waals surface area contributed by atoms with E-state index in [1.165, 1.54) is 0 Å². The number of carbonyl (C=O) groups is 1. The van der Waals surface area contributed by atoms with Crippen LogP contribution >= 0.6 is 0 Å². The van der Waals surface area contributed by atoms with E-state index in [1.807, 2.05) is 0 Å². The standard InChI is InChI=1S/C18H13N5O4/c24-16(25)9-14-11-5-1-2-6-12(11)18(26)23(21-14)10-15-20-17(22-27-15)13-7-3-4-8-19-13/h1-8H,9-10H2,(H,24,25). The fraction of sp³-hybridized carbons (Fsp3) is 0.111. The molecule has 27 heavy (non-hydrogen) atoms. The molecule has 9 nitrogen and oxygen atoms in total. The fourth-order valence-corrected chi connectivity index (χ4v) is 2.73. The van der Waals surface area contributed by atoms with E-state index in [0.717, 1.165) is 4.68 Å². The summed E-state index contributed by atoms with van der Waals surface area (Å²) >= 11 is 0. The van der Waals surface area contributed by atoms with Crippen LogP contribution in [0.25, 0.3) is 22.3 Å². The van der Waals surface area contributed by atoms with Crippen molar-refractivity contribution in [2.75, 3.05) is 0 Å². The second-order valence-electron chi connectivity index (χ2n) is 5.75. The predicted molar refractivity (Wildman–Crippen MR) is 94.0 cm³/mol. The van der Waals surface area contributed by atoms with Gasteiger partial charge in [0.15, 0.2) is 0 Å². The summed E-state index contributed by atoms with van der Waals surface area (Å²) in [5.41, 5.74) is 0.470. The molecule has 4 aromatic rings. The molecule has 1 aromatic carbocycles. The Morgan fingerprint density at radius 1 is 1.11 bits per heavy atom. The zero-order valence-electron chi connectivity index (χ0n) is 13.9. The van der Waals surface area contributed by atoms with Gasteiger partial charge in [-0.2, -0.15) is 10.1 Å². The number of hydrogen-bond donors (Lipinski definition) is 1. The second kappa shape index (κ2) is 6.79. The van der Waals surface area contributed by atoms with Gasteiger partial charge in [0.2, 0.25) is 11.7 Å². The molecule has 0 aliphatic carbocycles. The zero-order valence-corrected chi connectivity index (χ0v) is 13.9. The summed E-state index contributed by atoms with van der Waals surface area (Å²) in [5, 5.41) is 18.1. The van der Waals surface area contributed by atoms with E-state index in [0.29, 0.717) is 28.0 Å². The molecular formula is C18H13N5O4. The number of pyridine rings is 1. The number of carboxylic acid groups (broad SMARTS) is 1. The minimum atomic E-state index is -1.03. The molecule has 0 amide bonds. The van der Waals surface area contributed by atoms with E-state index in [4.69, 9.17) is 9.63 Å². The minimum absolute atomic E-state index is 0.0733. The van der Waals surface area contributed by atoms with Gasteiger partial charge in [-0.15, -0.1) is 0 Å². The van der Waals surface area contributed by atoms with Gasteiger partial charge in [0.25, 0.3) is 5.56 Å². The summed E-state index contributed by atoms with van der Waals surface area (Å²) in [6.07, 6.45) is 1.31. The summed E-state index contributed by atoms with van der Waals surface area (Å²) < 4.78 is 6.33. The highest BCUT2D eigenvalue weighted by Gasteiger charge is 2.16. The first-order chi connectivity index (χ1) is 13.1. The van der Waals surface area contributed by atoms with Crippen molar-refractivity contribution in [2.45, 2.75) is 13.0 Å². The van der Waals surface area contributed by atoms with Gasteiger partial charge in [0.05, 0.1) is 17.5 Å². The number of fused-ring (bicyclic) bond motifs is 1. The molecule has 3 aromatic heterocycles. The number of aromatic nitrogens is 5. The van der Waals surface area contributed by atoms with Crippen LogP contribution in [0, 0.1) is 0 Å². The summed E-state index contributed by atoms with van der Waals surface area (Å²) in [6, 6.07) is 12.1. The Morgan fingerprint density at radius 3 is 2.63 bits per heavy atom. The van der Waals surface area contributed by atoms with E-state index in [9.17, 15) is 9.59 Å². The molecule has 0 saturated heterocycles. The average molecular weight is 363 g/mol. The van der Waals surface area contributed by atoms with Crippen LogP contribution in [-0.4, -0.2) is 36.0 Å². The first-order valence-corrected chi connectivity index (χ1v) is 8.06. The number of nitrogens with zero attached hydrogens (tertiary/aromatic N) is 5. The van der Waals surface area contributed by atoms with Crippen molar-refractivity contribution in [3.8, 4) is 11.5 Å². The first kappa shape index (κ1) is 16.6. The van der Waals surface area contributed by atoms with Gasteiger partial charge in [-0.25, -0.2) is 4.68 Å². The van der Waals surface area contributed by atoms with Crippen molar-refractivity contribution in [3.05, 3.63) is 70.6 Å². The third-order valence-electron chi connectivity index (χ3n) is 3.91. The zero-order chi connectivity index (χ0) is 18.8. The van der Waals surface area contributed by atoms with Gasteiger partial charge in [-0.05, 0) is 18.2 Å². The van der Waals surface area contributed by atoms with Crippen molar-refractivity contribution in [1.82, 2.24) is 24.9 Å². The van der Waals surface area contributed by atoms with Gasteiger partial charge in [-0.3, -0.25) is 14.6 Å². The van der Waals surface area contributed by atoms with Gasteiger partial charge >= 0.3 is 5.97 Å². The van der Waals surface area contributed by atoms with Crippen LogP contribution in [0.15, 0.2) is 58.0 Å². The highest BCUT2D eigenvalue weighted by atomic mass is 16.5. The molecule has 4 rings (SSSR count). The molecule has 0 atom stereocenters. The van der Waals surface area contributed by atoms with Gasteiger partial charge in [0, 0.05) is 11.6 Å². The van der Waals surface area contributed by atoms with Crippen LogP contribution in [0.4, 0.5) is 0 Å². The van der Waals surface area contributed by atoms with Crippen molar-refractivity contribution in [3.63, 3.8) is 0 Å². The van der Waals surface area contributed by atoms with Crippen LogP contribution in [0.3, 0.4) is 0 Å². The SMILES string of the molecule is O=C(O)Cc1nn(Cc2nc(-c3ccccn3)no2)c(=O)c2ccccc12. The topological polar surface area (TPSA) is 124 Å². The highest BCUT2D eigenvalue weighted by molar-refractivity contribution is 5.86. The van der Waals surface area contributed by atoms with Crippen LogP contribution in [0.5, 0.6) is 0 Å². The van der Waals surface area contributed by atoms with Gasteiger partial charge < -0.3 is 9.63 Å². The number of rotatable bonds is 5. The fourth-order valence-electron chi connectivity index (χ4n) is 2.73. The maximum atomic E-state index is 12.7. The van der Waals surface area contributed by atoms with E-state index >= 15 is 0 Å². The Kier molecular flexibility index (Phi) is 4.17. The summed E-state index contributed by atoms with van der Waals surface area (Å²) in [6.45, 7) is -0.0733. The Bertz CT molecular complexity index is 1180. The van der Waals surface area contributed by atoms with Crippen molar-refractivity contribution in [1.29, 1.82) is 0 Å². The minimum Gasteiger partial charge on any atom is -0.481 e. The highest BCUT2D eigenvalue weighted by Crippen LogP contribution is 2.15. The van der Waals surface area contributed by atoms with E-state index in [1.54, 1.807) is 48.7 Å². The second-order valence-corrected chi connectivity index (χ2v) is 5.75. The number of aliphatic carboxylic acids is 1. The third-order valence-corrected chi connectivity index (χ3v) is 3.91. The Labute approximate surface area is 151 Å². The third kappa shape index (κ3) is 3.30. The molecule has 0 unspecified atom stereocenters. The molecule has 0 spiro atoms. The molecule has 0 aliphatic rings. The molecule has 0 radical (unpaired) electrons. The maximum Gasteiger partial charge on any atom is 0.309 e. The van der Waals surface area contributed by atoms with Crippen LogP contribution in [0.2, 0.25) is 0 Å². The van der Waals surface area contributed by atoms with Crippen LogP contribution in [-0.2, 0) is 17.8 Å². The Hall–Kier alpha value is -3.88. The van der Waals surface area contributed by atoms with E-state index in [2.05, 4.69) is 20.2 Å². The average Bonchev–Trinajstić information content (AvgIpc) is 3.14. The van der Waals surface area contributed by atoms with Crippen molar-refractivity contribution >= 4 is 16.7 Å². The first-order valence-electron chi connectivity index (χ1n) is 8.06. The lowest BCUT2D eigenvalue weighted by Crippen LogP contribution is -2.26. The summed E-state index contributed by atoms with van der Waals surface area (Å²) in [7, 11) is 0. The molecule has 134 valence electrons. The van der Waals surface area contributed by atoms with Crippen LogP contribution < -0.4 is 5.56 Å². The largest absolute Gasteiger partial charge is 0.481 e. The maximum absolute atomic E-state index is 12.7. The lowest BCUT2D eigenvalue weighted by atomic mass is 10.1. The number of benzene rings is 1.